The van der Waals surface area contributed by atoms with E-state index in [0.717, 1.165) is 12.8 Å². The van der Waals surface area contributed by atoms with Crippen LogP contribution in [-0.2, 0) is 4.74 Å². The molecule has 0 aliphatic carbocycles. The molecular weight excluding hydrogens is 104 g/mol. The summed E-state index contributed by atoms with van der Waals surface area (Å²) in [6.07, 6.45) is 1.90. The monoisotopic (exact) mass is 117 g/mol. The van der Waals surface area contributed by atoms with Crippen molar-refractivity contribution in [1.29, 1.82) is 0 Å². The minimum Gasteiger partial charge on any atom is -0.368 e. The van der Waals surface area contributed by atoms with Gasteiger partial charge in [-0.05, 0) is 12.8 Å². The van der Waals surface area contributed by atoms with E-state index in [4.69, 9.17) is 5.11 Å². The lowest BCUT2D eigenvalue weighted by Gasteiger charge is -2.04. The van der Waals surface area contributed by atoms with Crippen molar-refractivity contribution >= 4 is 0 Å². The fourth-order valence-corrected chi connectivity index (χ4v) is 0.437. The highest BCUT2D eigenvalue weighted by Crippen LogP contribution is 1.98. The van der Waals surface area contributed by atoms with Crippen LogP contribution in [0.3, 0.4) is 0 Å². The van der Waals surface area contributed by atoms with Crippen LogP contribution in [0.5, 0.6) is 0 Å². The zero-order valence-electron chi connectivity index (χ0n) is 5.26. The molecule has 8 heavy (non-hydrogen) atoms. The first-order valence-electron chi connectivity index (χ1n) is 2.81. The van der Waals surface area contributed by atoms with Gasteiger partial charge in [0.05, 0.1) is 0 Å². The Balaban J connectivity index is 2.86. The van der Waals surface area contributed by atoms with E-state index in [-0.39, 0.29) is 0 Å². The SMILES string of the molecule is [CH2]CCCC(O)OC. The average Bonchev–Trinajstić information content (AvgIpc) is 1.83. The third-order valence-corrected chi connectivity index (χ3v) is 0.973. The van der Waals surface area contributed by atoms with Crippen LogP contribution in [0.1, 0.15) is 19.3 Å². The summed E-state index contributed by atoms with van der Waals surface area (Å²) in [6, 6.07) is 0. The van der Waals surface area contributed by atoms with Gasteiger partial charge in [-0.2, -0.15) is 0 Å². The third kappa shape index (κ3) is 4.09. The molecule has 0 aromatic carbocycles. The molecule has 2 nitrogen and oxygen atoms in total. The Morgan fingerprint density at radius 3 is 2.75 bits per heavy atom. The molecule has 49 valence electrons. The van der Waals surface area contributed by atoms with Gasteiger partial charge in [0.25, 0.3) is 0 Å². The molecule has 1 atom stereocenters. The van der Waals surface area contributed by atoms with E-state index in [2.05, 4.69) is 11.7 Å². The normalized spacial score (nSPS) is 13.9. The van der Waals surface area contributed by atoms with Gasteiger partial charge in [-0.3, -0.25) is 0 Å². The Hall–Kier alpha value is -0.0800. The van der Waals surface area contributed by atoms with E-state index in [0.29, 0.717) is 6.42 Å². The zero-order chi connectivity index (χ0) is 6.41. The van der Waals surface area contributed by atoms with Gasteiger partial charge in [0.1, 0.15) is 0 Å². The van der Waals surface area contributed by atoms with E-state index in [9.17, 15) is 0 Å². The molecule has 0 spiro atoms. The predicted molar refractivity (Wildman–Crippen MR) is 32.2 cm³/mol. The molecule has 0 fully saturated rings. The molecule has 0 bridgehead atoms. The molecule has 0 aromatic rings. The van der Waals surface area contributed by atoms with Crippen molar-refractivity contribution < 1.29 is 9.84 Å². The van der Waals surface area contributed by atoms with Crippen LogP contribution in [0.4, 0.5) is 0 Å². The number of ether oxygens (including phenoxy) is 1. The Morgan fingerprint density at radius 1 is 1.75 bits per heavy atom. The molecule has 1 radical (unpaired) electrons. The number of hydrogen-bond donors (Lipinski definition) is 1. The van der Waals surface area contributed by atoms with E-state index in [1.54, 1.807) is 0 Å². The average molecular weight is 117 g/mol. The van der Waals surface area contributed by atoms with Crippen LogP contribution in [0.25, 0.3) is 0 Å². The van der Waals surface area contributed by atoms with Crippen molar-refractivity contribution in [1.82, 2.24) is 0 Å². The molecule has 0 aliphatic rings. The minimum atomic E-state index is -0.586. The van der Waals surface area contributed by atoms with Crippen LogP contribution in [0, 0.1) is 6.92 Å². The number of unbranched alkanes of at least 4 members (excludes halogenated alkanes) is 1. The molecule has 0 saturated heterocycles. The van der Waals surface area contributed by atoms with Gasteiger partial charge in [-0.1, -0.05) is 13.3 Å². The number of hydrogen-bond acceptors (Lipinski definition) is 2. The van der Waals surface area contributed by atoms with E-state index >= 15 is 0 Å². The number of rotatable bonds is 4. The lowest BCUT2D eigenvalue weighted by Crippen LogP contribution is -2.07. The maximum absolute atomic E-state index is 8.74. The standard InChI is InChI=1S/C6H13O2/c1-3-4-5-6(7)8-2/h6-7H,1,3-5H2,2H3. The molecule has 0 aliphatic heterocycles. The summed E-state index contributed by atoms with van der Waals surface area (Å²) in [5.41, 5.74) is 0. The molecule has 0 amide bonds. The summed E-state index contributed by atoms with van der Waals surface area (Å²) in [5.74, 6) is 0. The van der Waals surface area contributed by atoms with Crippen molar-refractivity contribution in [2.75, 3.05) is 7.11 Å². The van der Waals surface area contributed by atoms with Crippen molar-refractivity contribution in [2.45, 2.75) is 25.6 Å². The Labute approximate surface area is 50.5 Å². The van der Waals surface area contributed by atoms with Gasteiger partial charge in [0.2, 0.25) is 0 Å². The lowest BCUT2D eigenvalue weighted by atomic mass is 10.2. The first-order valence-corrected chi connectivity index (χ1v) is 2.81. The first kappa shape index (κ1) is 7.92. The largest absolute Gasteiger partial charge is 0.368 e. The van der Waals surface area contributed by atoms with Crippen molar-refractivity contribution in [3.05, 3.63) is 6.92 Å². The molecular formula is C6H13O2. The van der Waals surface area contributed by atoms with Crippen LogP contribution < -0.4 is 0 Å². The highest BCUT2D eigenvalue weighted by atomic mass is 16.6. The topological polar surface area (TPSA) is 29.5 Å². The quantitative estimate of drug-likeness (QED) is 0.556. The lowest BCUT2D eigenvalue weighted by molar-refractivity contribution is -0.0788. The number of aliphatic hydroxyl groups is 1. The molecule has 0 aromatic heterocycles. The smallest absolute Gasteiger partial charge is 0.154 e. The summed E-state index contributed by atoms with van der Waals surface area (Å²) in [6.45, 7) is 3.63. The molecule has 0 rings (SSSR count). The van der Waals surface area contributed by atoms with Crippen LogP contribution >= 0.6 is 0 Å². The zero-order valence-corrected chi connectivity index (χ0v) is 5.26. The molecule has 1 N–H and O–H groups in total. The van der Waals surface area contributed by atoms with E-state index in [1.807, 2.05) is 0 Å². The second-order valence-electron chi connectivity index (χ2n) is 1.69. The van der Waals surface area contributed by atoms with Gasteiger partial charge < -0.3 is 9.84 Å². The van der Waals surface area contributed by atoms with E-state index in [1.165, 1.54) is 7.11 Å². The highest BCUT2D eigenvalue weighted by Gasteiger charge is 1.96. The molecule has 1 unspecified atom stereocenters. The van der Waals surface area contributed by atoms with Crippen LogP contribution in [0.2, 0.25) is 0 Å². The third-order valence-electron chi connectivity index (χ3n) is 0.973. The summed E-state index contributed by atoms with van der Waals surface area (Å²) in [7, 11) is 1.49. The molecule has 2 heteroatoms. The van der Waals surface area contributed by atoms with Gasteiger partial charge in [-0.25, -0.2) is 0 Å². The highest BCUT2D eigenvalue weighted by molar-refractivity contribution is 4.44. The summed E-state index contributed by atoms with van der Waals surface area (Å²) in [5, 5.41) is 8.74. The minimum absolute atomic E-state index is 0.586. The van der Waals surface area contributed by atoms with Crippen LogP contribution in [-0.4, -0.2) is 18.5 Å². The Bertz CT molecular complexity index is 45.8. The molecule has 0 heterocycles. The van der Waals surface area contributed by atoms with Gasteiger partial charge in [0, 0.05) is 7.11 Å². The van der Waals surface area contributed by atoms with E-state index < -0.39 is 6.29 Å². The summed E-state index contributed by atoms with van der Waals surface area (Å²) in [4.78, 5) is 0. The maximum atomic E-state index is 8.74. The van der Waals surface area contributed by atoms with Gasteiger partial charge >= 0.3 is 0 Å². The Morgan fingerprint density at radius 2 is 2.38 bits per heavy atom. The predicted octanol–water partition coefficient (Wildman–Crippen LogP) is 0.956. The van der Waals surface area contributed by atoms with Crippen molar-refractivity contribution in [3.8, 4) is 0 Å². The number of aliphatic hydroxyl groups excluding tert-OH is 1. The van der Waals surface area contributed by atoms with Crippen molar-refractivity contribution in [3.63, 3.8) is 0 Å². The molecule has 0 saturated carbocycles. The fraction of sp³-hybridized carbons (Fsp3) is 0.833. The summed E-state index contributed by atoms with van der Waals surface area (Å²) < 4.78 is 4.58. The second kappa shape index (κ2) is 5.06. The first-order chi connectivity index (χ1) is 3.81. The summed E-state index contributed by atoms with van der Waals surface area (Å²) >= 11 is 0. The fourth-order valence-electron chi connectivity index (χ4n) is 0.437. The van der Waals surface area contributed by atoms with Crippen LogP contribution in [0.15, 0.2) is 0 Å². The van der Waals surface area contributed by atoms with Crippen molar-refractivity contribution in [2.24, 2.45) is 0 Å². The second-order valence-corrected chi connectivity index (χ2v) is 1.69. The van der Waals surface area contributed by atoms with Gasteiger partial charge in [0.15, 0.2) is 6.29 Å². The number of methoxy groups -OCH3 is 1. The Kier molecular flexibility index (Phi) is 5.01. The van der Waals surface area contributed by atoms with Gasteiger partial charge in [-0.15, -0.1) is 0 Å². The maximum Gasteiger partial charge on any atom is 0.154 e.